The first-order chi connectivity index (χ1) is 10.8. The molecule has 114 valence electrons. The van der Waals surface area contributed by atoms with Gasteiger partial charge in [-0.25, -0.2) is 4.39 Å². The molecule has 0 unspecified atom stereocenters. The van der Waals surface area contributed by atoms with Gasteiger partial charge in [-0.2, -0.15) is 10.2 Å². The Hall–Kier alpha value is -2.29. The molecule has 2 aromatic carbocycles. The lowest BCUT2D eigenvalue weighted by Crippen LogP contribution is -1.87. The van der Waals surface area contributed by atoms with E-state index in [0.717, 1.165) is 17.5 Å². The molecule has 0 aromatic heterocycles. The Balaban J connectivity index is 1.86. The molecular weight excluding hydrogens is 275 g/mol. The van der Waals surface area contributed by atoms with E-state index in [9.17, 15) is 4.39 Å². The van der Waals surface area contributed by atoms with Crippen molar-refractivity contribution in [1.29, 1.82) is 0 Å². The van der Waals surface area contributed by atoms with Gasteiger partial charge >= 0.3 is 0 Å². The molecule has 0 saturated heterocycles. The molecule has 0 amide bonds. The van der Waals surface area contributed by atoms with Gasteiger partial charge in [-0.05, 0) is 41.7 Å². The van der Waals surface area contributed by atoms with Crippen LogP contribution in [0.15, 0.2) is 58.7 Å². The Morgan fingerprint density at radius 1 is 0.818 bits per heavy atom. The van der Waals surface area contributed by atoms with Crippen LogP contribution in [-0.2, 0) is 6.42 Å². The highest BCUT2D eigenvalue weighted by Crippen LogP contribution is 2.08. The van der Waals surface area contributed by atoms with E-state index in [1.807, 2.05) is 0 Å². The molecule has 0 atom stereocenters. The molecule has 0 N–H and O–H groups in total. The van der Waals surface area contributed by atoms with Crippen LogP contribution in [0.25, 0.3) is 0 Å². The van der Waals surface area contributed by atoms with Crippen LogP contribution >= 0.6 is 0 Å². The van der Waals surface area contributed by atoms with Gasteiger partial charge in [-0.1, -0.05) is 56.2 Å². The summed E-state index contributed by atoms with van der Waals surface area (Å²) < 4.78 is 12.8. The molecule has 22 heavy (non-hydrogen) atoms. The molecule has 0 heterocycles. The average Bonchev–Trinajstić information content (AvgIpc) is 2.55. The van der Waals surface area contributed by atoms with Crippen LogP contribution in [0.4, 0.5) is 4.39 Å². The predicted molar refractivity (Wildman–Crippen MR) is 91.3 cm³/mol. The lowest BCUT2D eigenvalue weighted by molar-refractivity contribution is 0.628. The quantitative estimate of drug-likeness (QED) is 0.390. The molecule has 0 bridgehead atoms. The summed E-state index contributed by atoms with van der Waals surface area (Å²) in [6.45, 7) is 2.21. The average molecular weight is 296 g/mol. The van der Waals surface area contributed by atoms with Crippen molar-refractivity contribution in [1.82, 2.24) is 0 Å². The Kier molecular flexibility index (Phi) is 6.49. The van der Waals surface area contributed by atoms with E-state index in [0.29, 0.717) is 0 Å². The van der Waals surface area contributed by atoms with Crippen LogP contribution in [0.1, 0.15) is 42.9 Å². The summed E-state index contributed by atoms with van der Waals surface area (Å²) in [5.41, 5.74) is 3.21. The van der Waals surface area contributed by atoms with Gasteiger partial charge in [0.2, 0.25) is 0 Å². The van der Waals surface area contributed by atoms with Crippen molar-refractivity contribution >= 4 is 12.4 Å². The topological polar surface area (TPSA) is 24.7 Å². The van der Waals surface area contributed by atoms with Crippen molar-refractivity contribution < 1.29 is 4.39 Å². The summed E-state index contributed by atoms with van der Waals surface area (Å²) in [6, 6.07) is 14.5. The molecule has 0 aliphatic heterocycles. The fraction of sp³-hybridized carbons (Fsp3) is 0.263. The van der Waals surface area contributed by atoms with Crippen molar-refractivity contribution in [3.05, 3.63) is 71.0 Å². The highest BCUT2D eigenvalue weighted by molar-refractivity contribution is 5.82. The zero-order valence-electron chi connectivity index (χ0n) is 12.9. The van der Waals surface area contributed by atoms with Gasteiger partial charge in [0.05, 0.1) is 12.4 Å². The zero-order chi connectivity index (χ0) is 15.6. The molecule has 0 aliphatic rings. The van der Waals surface area contributed by atoms with E-state index in [2.05, 4.69) is 41.4 Å². The minimum atomic E-state index is -0.250. The predicted octanol–water partition coefficient (Wildman–Crippen LogP) is 5.01. The second-order valence-electron chi connectivity index (χ2n) is 5.24. The fourth-order valence-electron chi connectivity index (χ4n) is 2.10. The number of unbranched alkanes of at least 4 members (excludes halogenated alkanes) is 2. The third-order valence-electron chi connectivity index (χ3n) is 3.40. The summed E-state index contributed by atoms with van der Waals surface area (Å²) >= 11 is 0. The Morgan fingerprint density at radius 2 is 1.36 bits per heavy atom. The van der Waals surface area contributed by atoms with Crippen LogP contribution in [-0.4, -0.2) is 12.4 Å². The SMILES string of the molecule is CCCCCc1ccc(/C=N/N=C/c2ccc(F)cc2)cc1. The van der Waals surface area contributed by atoms with Gasteiger partial charge in [0.25, 0.3) is 0 Å². The van der Waals surface area contributed by atoms with Gasteiger partial charge in [-0.3, -0.25) is 0 Å². The lowest BCUT2D eigenvalue weighted by Gasteiger charge is -2.00. The Labute approximate surface area is 131 Å². The van der Waals surface area contributed by atoms with E-state index in [1.165, 1.54) is 37.0 Å². The smallest absolute Gasteiger partial charge is 0.123 e. The lowest BCUT2D eigenvalue weighted by atomic mass is 10.1. The van der Waals surface area contributed by atoms with Crippen molar-refractivity contribution in [2.45, 2.75) is 32.6 Å². The van der Waals surface area contributed by atoms with Crippen molar-refractivity contribution in [2.75, 3.05) is 0 Å². The second kappa shape index (κ2) is 8.88. The molecule has 0 spiro atoms. The number of hydrogen-bond acceptors (Lipinski definition) is 2. The third kappa shape index (κ3) is 5.60. The highest BCUT2D eigenvalue weighted by atomic mass is 19.1. The van der Waals surface area contributed by atoms with Crippen molar-refractivity contribution in [2.24, 2.45) is 10.2 Å². The molecule has 0 radical (unpaired) electrons. The van der Waals surface area contributed by atoms with Crippen LogP contribution in [0.2, 0.25) is 0 Å². The Bertz CT molecular complexity index is 613. The molecule has 0 fully saturated rings. The number of benzene rings is 2. The number of nitrogens with zero attached hydrogens (tertiary/aromatic N) is 2. The molecule has 2 rings (SSSR count). The zero-order valence-corrected chi connectivity index (χ0v) is 12.9. The van der Waals surface area contributed by atoms with Gasteiger partial charge in [0, 0.05) is 0 Å². The maximum absolute atomic E-state index is 12.8. The van der Waals surface area contributed by atoms with Crippen molar-refractivity contribution in [3.8, 4) is 0 Å². The van der Waals surface area contributed by atoms with Crippen LogP contribution in [0.3, 0.4) is 0 Å². The summed E-state index contributed by atoms with van der Waals surface area (Å²) in [7, 11) is 0. The summed E-state index contributed by atoms with van der Waals surface area (Å²) in [5.74, 6) is -0.250. The second-order valence-corrected chi connectivity index (χ2v) is 5.24. The first kappa shape index (κ1) is 16.1. The molecular formula is C19H21FN2. The minimum absolute atomic E-state index is 0.250. The van der Waals surface area contributed by atoms with E-state index in [1.54, 1.807) is 24.6 Å². The van der Waals surface area contributed by atoms with Crippen LogP contribution in [0.5, 0.6) is 0 Å². The first-order valence-corrected chi connectivity index (χ1v) is 7.69. The van der Waals surface area contributed by atoms with Gasteiger partial charge in [-0.15, -0.1) is 0 Å². The maximum Gasteiger partial charge on any atom is 0.123 e. The van der Waals surface area contributed by atoms with Crippen molar-refractivity contribution in [3.63, 3.8) is 0 Å². The summed E-state index contributed by atoms with van der Waals surface area (Å²) in [4.78, 5) is 0. The van der Waals surface area contributed by atoms with Gasteiger partial charge < -0.3 is 0 Å². The Morgan fingerprint density at radius 3 is 1.91 bits per heavy atom. The molecule has 3 heteroatoms. The van der Waals surface area contributed by atoms with Gasteiger partial charge in [0.15, 0.2) is 0 Å². The van der Waals surface area contributed by atoms with E-state index in [-0.39, 0.29) is 5.82 Å². The number of aryl methyl sites for hydroxylation is 1. The van der Waals surface area contributed by atoms with E-state index < -0.39 is 0 Å². The number of rotatable bonds is 7. The number of hydrogen-bond donors (Lipinski definition) is 0. The van der Waals surface area contributed by atoms with E-state index >= 15 is 0 Å². The maximum atomic E-state index is 12.8. The highest BCUT2D eigenvalue weighted by Gasteiger charge is 1.93. The van der Waals surface area contributed by atoms with Crippen LogP contribution < -0.4 is 0 Å². The fourth-order valence-corrected chi connectivity index (χ4v) is 2.10. The summed E-state index contributed by atoms with van der Waals surface area (Å²) in [6.07, 6.45) is 8.23. The first-order valence-electron chi connectivity index (χ1n) is 7.69. The molecule has 0 saturated carbocycles. The number of halogens is 1. The van der Waals surface area contributed by atoms with Gasteiger partial charge in [0.1, 0.15) is 5.82 Å². The third-order valence-corrected chi connectivity index (χ3v) is 3.40. The molecule has 2 nitrogen and oxygen atoms in total. The largest absolute Gasteiger partial charge is 0.207 e. The standard InChI is InChI=1S/C19H21FN2/c1-2-3-4-5-16-6-8-17(9-7-16)14-21-22-15-18-10-12-19(20)13-11-18/h6-15H,2-5H2,1H3/b21-14+,22-15+. The monoisotopic (exact) mass is 296 g/mol. The van der Waals surface area contributed by atoms with E-state index in [4.69, 9.17) is 0 Å². The molecule has 2 aromatic rings. The normalized spacial score (nSPS) is 11.5. The minimum Gasteiger partial charge on any atom is -0.207 e. The van der Waals surface area contributed by atoms with Crippen LogP contribution in [0, 0.1) is 5.82 Å². The summed E-state index contributed by atoms with van der Waals surface area (Å²) in [5, 5.41) is 7.99. The molecule has 0 aliphatic carbocycles.